The van der Waals surface area contributed by atoms with E-state index < -0.39 is 6.10 Å². The van der Waals surface area contributed by atoms with Crippen molar-refractivity contribution >= 4 is 58.2 Å². The molecule has 3 aromatic rings. The molecule has 0 aliphatic heterocycles. The maximum atomic E-state index is 6.16. The van der Waals surface area contributed by atoms with Crippen LogP contribution in [0.2, 0.25) is 20.1 Å². The van der Waals surface area contributed by atoms with Crippen molar-refractivity contribution in [2.45, 2.75) is 24.0 Å². The fourth-order valence-electron chi connectivity index (χ4n) is 2.03. The Morgan fingerprint density at radius 3 is 2.38 bits per heavy atom. The summed E-state index contributed by atoms with van der Waals surface area (Å²) in [4.78, 5) is 0. The second kappa shape index (κ2) is 8.72. The molecule has 9 heteroatoms. The van der Waals surface area contributed by atoms with E-state index >= 15 is 0 Å². The third-order valence-corrected chi connectivity index (χ3v) is 5.32. The Labute approximate surface area is 174 Å². The van der Waals surface area contributed by atoms with E-state index in [9.17, 15) is 0 Å². The van der Waals surface area contributed by atoms with E-state index in [0.29, 0.717) is 42.7 Å². The molecule has 0 saturated carbocycles. The molecule has 0 radical (unpaired) electrons. The van der Waals surface area contributed by atoms with Gasteiger partial charge in [0.25, 0.3) is 11.1 Å². The van der Waals surface area contributed by atoms with Gasteiger partial charge in [-0.1, -0.05) is 64.2 Å². The van der Waals surface area contributed by atoms with Crippen molar-refractivity contribution in [1.29, 1.82) is 0 Å². The van der Waals surface area contributed by atoms with Gasteiger partial charge in [0.15, 0.2) is 6.10 Å². The van der Waals surface area contributed by atoms with Gasteiger partial charge in [0.1, 0.15) is 5.75 Å². The Balaban J connectivity index is 1.63. The Bertz CT molecular complexity index is 920. The maximum Gasteiger partial charge on any atom is 0.277 e. The van der Waals surface area contributed by atoms with Crippen molar-refractivity contribution in [1.82, 2.24) is 10.2 Å². The van der Waals surface area contributed by atoms with Gasteiger partial charge in [-0.2, -0.15) is 0 Å². The Morgan fingerprint density at radius 1 is 1.00 bits per heavy atom. The van der Waals surface area contributed by atoms with Gasteiger partial charge in [0.05, 0.1) is 5.02 Å². The van der Waals surface area contributed by atoms with Gasteiger partial charge in [-0.05, 0) is 42.8 Å². The highest BCUT2D eigenvalue weighted by Gasteiger charge is 2.17. The lowest BCUT2D eigenvalue weighted by Gasteiger charge is -2.12. The second-order valence-electron chi connectivity index (χ2n) is 5.27. The van der Waals surface area contributed by atoms with Crippen molar-refractivity contribution in [3.63, 3.8) is 0 Å². The van der Waals surface area contributed by atoms with E-state index in [1.807, 2.05) is 6.07 Å². The van der Waals surface area contributed by atoms with Gasteiger partial charge < -0.3 is 9.15 Å². The van der Waals surface area contributed by atoms with E-state index in [2.05, 4.69) is 10.2 Å². The van der Waals surface area contributed by atoms with Crippen molar-refractivity contribution in [2.24, 2.45) is 0 Å². The number of hydrogen-bond donors (Lipinski definition) is 0. The number of rotatable bonds is 6. The molecule has 0 N–H and O–H groups in total. The molecule has 26 heavy (non-hydrogen) atoms. The Morgan fingerprint density at radius 2 is 1.69 bits per heavy atom. The predicted octanol–water partition coefficient (Wildman–Crippen LogP) is 7.12. The van der Waals surface area contributed by atoms with E-state index in [4.69, 9.17) is 55.6 Å². The molecule has 0 spiro atoms. The summed E-state index contributed by atoms with van der Waals surface area (Å²) in [5, 5.41) is 10.6. The number of aromatic nitrogens is 2. The molecule has 0 fully saturated rings. The molecule has 1 atom stereocenters. The molecule has 2 aromatic carbocycles. The summed E-state index contributed by atoms with van der Waals surface area (Å²) in [6, 6.07) is 10.3. The summed E-state index contributed by atoms with van der Waals surface area (Å²) in [5.41, 5.74) is 0.929. The van der Waals surface area contributed by atoms with Crippen molar-refractivity contribution < 1.29 is 9.15 Å². The molecule has 0 unspecified atom stereocenters. The summed E-state index contributed by atoms with van der Waals surface area (Å²) in [6.45, 7) is 1.79. The van der Waals surface area contributed by atoms with E-state index in [-0.39, 0.29) is 0 Å². The number of hydrogen-bond acceptors (Lipinski definition) is 5. The molecule has 0 aliphatic carbocycles. The zero-order valence-corrected chi connectivity index (χ0v) is 17.2. The first-order chi connectivity index (χ1) is 12.4. The molecule has 0 saturated heterocycles. The van der Waals surface area contributed by atoms with E-state index in [1.165, 1.54) is 11.8 Å². The normalized spacial score (nSPS) is 12.2. The first-order valence-electron chi connectivity index (χ1n) is 7.44. The number of halogens is 4. The molecule has 0 aliphatic rings. The maximum absolute atomic E-state index is 6.16. The van der Waals surface area contributed by atoms with Gasteiger partial charge in [-0.25, -0.2) is 0 Å². The summed E-state index contributed by atoms with van der Waals surface area (Å²) in [7, 11) is 0. The van der Waals surface area contributed by atoms with Gasteiger partial charge in [-0.15, -0.1) is 10.2 Å². The number of thioether (sulfide) groups is 1. The topological polar surface area (TPSA) is 48.2 Å². The summed E-state index contributed by atoms with van der Waals surface area (Å²) in [6.07, 6.45) is -0.463. The fraction of sp³-hybridized carbons (Fsp3) is 0.176. The van der Waals surface area contributed by atoms with Crippen molar-refractivity contribution in [3.8, 4) is 5.75 Å². The van der Waals surface area contributed by atoms with Gasteiger partial charge in [0.2, 0.25) is 0 Å². The molecule has 4 nitrogen and oxygen atoms in total. The van der Waals surface area contributed by atoms with Crippen LogP contribution in [0.25, 0.3) is 0 Å². The average molecular weight is 450 g/mol. The van der Waals surface area contributed by atoms with Crippen LogP contribution >= 0.6 is 58.2 Å². The summed E-state index contributed by atoms with van der Waals surface area (Å²) in [5.74, 6) is 1.42. The van der Waals surface area contributed by atoms with Crippen molar-refractivity contribution in [3.05, 3.63) is 67.9 Å². The molecule has 3 rings (SSSR count). The fourth-order valence-corrected chi connectivity index (χ4v) is 3.81. The van der Waals surface area contributed by atoms with Gasteiger partial charge in [0, 0.05) is 20.8 Å². The monoisotopic (exact) mass is 448 g/mol. The van der Waals surface area contributed by atoms with Crippen LogP contribution in [0.3, 0.4) is 0 Å². The summed E-state index contributed by atoms with van der Waals surface area (Å²) >= 11 is 25.4. The van der Waals surface area contributed by atoms with Gasteiger partial charge in [-0.3, -0.25) is 0 Å². The predicted molar refractivity (Wildman–Crippen MR) is 106 cm³/mol. The number of benzene rings is 2. The lowest BCUT2D eigenvalue weighted by Crippen LogP contribution is -2.03. The SMILES string of the molecule is C[C@H](Oc1ccc(Cl)cc1Cl)c1nnc(SCc2ccc(Cl)cc2Cl)o1. The Kier molecular flexibility index (Phi) is 6.59. The Hall–Kier alpha value is -1.11. The van der Waals surface area contributed by atoms with Crippen LogP contribution in [0.15, 0.2) is 46.0 Å². The molecule has 1 aromatic heterocycles. The van der Waals surface area contributed by atoms with Gasteiger partial charge >= 0.3 is 0 Å². The second-order valence-corrected chi connectivity index (χ2v) is 7.88. The average Bonchev–Trinajstić information content (AvgIpc) is 3.06. The largest absolute Gasteiger partial charge is 0.479 e. The molecular weight excluding hydrogens is 438 g/mol. The van der Waals surface area contributed by atoms with Crippen LogP contribution in [0, 0.1) is 0 Å². The van der Waals surface area contributed by atoms with Crippen molar-refractivity contribution in [2.75, 3.05) is 0 Å². The molecule has 136 valence electrons. The van der Waals surface area contributed by atoms with Crippen LogP contribution < -0.4 is 4.74 Å². The lowest BCUT2D eigenvalue weighted by molar-refractivity contribution is 0.182. The van der Waals surface area contributed by atoms with Crippen LogP contribution in [-0.4, -0.2) is 10.2 Å². The molecule has 0 bridgehead atoms. The third-order valence-electron chi connectivity index (χ3n) is 3.33. The van der Waals surface area contributed by atoms with Crippen LogP contribution in [0.4, 0.5) is 0 Å². The van der Waals surface area contributed by atoms with Crippen LogP contribution in [-0.2, 0) is 5.75 Å². The first kappa shape index (κ1) is 19.6. The highest BCUT2D eigenvalue weighted by Crippen LogP contribution is 2.32. The number of ether oxygens (including phenoxy) is 1. The van der Waals surface area contributed by atoms with E-state index in [1.54, 1.807) is 37.3 Å². The van der Waals surface area contributed by atoms with Crippen LogP contribution in [0.5, 0.6) is 5.75 Å². The minimum atomic E-state index is -0.463. The zero-order valence-electron chi connectivity index (χ0n) is 13.4. The zero-order chi connectivity index (χ0) is 18.7. The van der Waals surface area contributed by atoms with Crippen LogP contribution in [0.1, 0.15) is 24.5 Å². The smallest absolute Gasteiger partial charge is 0.277 e. The van der Waals surface area contributed by atoms with E-state index in [0.717, 1.165) is 5.56 Å². The molecule has 0 amide bonds. The quantitative estimate of drug-likeness (QED) is 0.375. The summed E-state index contributed by atoms with van der Waals surface area (Å²) < 4.78 is 11.4. The number of nitrogens with zero attached hydrogens (tertiary/aromatic N) is 2. The standard InChI is InChI=1S/C17H12Cl4N2O2S/c1-9(24-15-5-4-12(19)7-14(15)21)16-22-23-17(25-16)26-8-10-2-3-11(18)6-13(10)20/h2-7,9H,8H2,1H3/t9-/m0/s1. The highest BCUT2D eigenvalue weighted by atomic mass is 35.5. The lowest BCUT2D eigenvalue weighted by atomic mass is 10.2. The third kappa shape index (κ3) is 4.99. The molecular formula is C17H12Cl4N2O2S. The minimum Gasteiger partial charge on any atom is -0.479 e. The first-order valence-corrected chi connectivity index (χ1v) is 9.94. The minimum absolute atomic E-state index is 0.348. The molecule has 1 heterocycles. The highest BCUT2D eigenvalue weighted by molar-refractivity contribution is 7.98.